The number of hydrogen-bond donors (Lipinski definition) is 2. The fourth-order valence-corrected chi connectivity index (χ4v) is 2.28. The lowest BCUT2D eigenvalue weighted by Crippen LogP contribution is -2.13. The average molecular weight is 353 g/mol. The van der Waals surface area contributed by atoms with Crippen LogP contribution in [0.3, 0.4) is 0 Å². The quantitative estimate of drug-likeness (QED) is 0.639. The second kappa shape index (κ2) is 6.58. The summed E-state index contributed by atoms with van der Waals surface area (Å²) in [6.45, 7) is 0.236. The van der Waals surface area contributed by atoms with E-state index >= 15 is 0 Å². The number of hydrogen-bond acceptors (Lipinski definition) is 3. The molecule has 0 fully saturated rings. The van der Waals surface area contributed by atoms with Crippen LogP contribution in [-0.4, -0.2) is 12.9 Å². The van der Waals surface area contributed by atoms with Crippen molar-refractivity contribution < 1.29 is 13.9 Å². The molecule has 0 aromatic heterocycles. The molecule has 0 heterocycles. The van der Waals surface area contributed by atoms with Gasteiger partial charge in [0.05, 0.1) is 12.7 Å². The molecule has 0 amide bonds. The Kier molecular flexibility index (Phi) is 4.80. The summed E-state index contributed by atoms with van der Waals surface area (Å²) in [5.74, 6) is 0.488. The zero-order chi connectivity index (χ0) is 15.4. The highest BCUT2D eigenvalue weighted by Crippen LogP contribution is 2.23. The van der Waals surface area contributed by atoms with Crippen LogP contribution in [0.2, 0.25) is 0 Å². The highest BCUT2D eigenvalue weighted by Gasteiger charge is 2.08. The molecular weight excluding hydrogens is 339 g/mol. The third-order valence-electron chi connectivity index (χ3n) is 2.80. The van der Waals surface area contributed by atoms with E-state index in [-0.39, 0.29) is 18.3 Å². The van der Waals surface area contributed by atoms with Gasteiger partial charge >= 0.3 is 0 Å². The van der Waals surface area contributed by atoms with Crippen molar-refractivity contribution in [2.75, 3.05) is 7.11 Å². The predicted octanol–water partition coefficient (Wildman–Crippen LogP) is 3.46. The van der Waals surface area contributed by atoms with Crippen LogP contribution in [-0.2, 0) is 6.61 Å². The largest absolute Gasteiger partial charge is 0.496 e. The standard InChI is InChI=1S/C15H14BrFN2O2/c1-20-14-3-2-9(4-13(14)15(18)19)8-21-12-6-10(16)5-11(17)7-12/h2-7H,8H2,1H3,(H3,18,19). The summed E-state index contributed by atoms with van der Waals surface area (Å²) in [7, 11) is 1.52. The fraction of sp³-hybridized carbons (Fsp3) is 0.133. The molecule has 0 spiro atoms. The van der Waals surface area contributed by atoms with Crippen LogP contribution in [0.25, 0.3) is 0 Å². The van der Waals surface area contributed by atoms with Gasteiger partial charge in [0.15, 0.2) is 0 Å². The van der Waals surface area contributed by atoms with Crippen LogP contribution in [0.4, 0.5) is 4.39 Å². The number of methoxy groups -OCH3 is 1. The minimum atomic E-state index is -0.376. The van der Waals surface area contributed by atoms with Crippen molar-refractivity contribution in [2.24, 2.45) is 5.73 Å². The van der Waals surface area contributed by atoms with Gasteiger partial charge in [-0.15, -0.1) is 0 Å². The molecule has 2 aromatic carbocycles. The van der Waals surface area contributed by atoms with E-state index in [0.29, 0.717) is 21.5 Å². The molecule has 0 atom stereocenters. The van der Waals surface area contributed by atoms with Crippen LogP contribution in [0, 0.1) is 11.2 Å². The Labute approximate surface area is 130 Å². The van der Waals surface area contributed by atoms with Gasteiger partial charge in [-0.25, -0.2) is 4.39 Å². The Bertz CT molecular complexity index is 656. The normalized spacial score (nSPS) is 10.2. The number of benzene rings is 2. The first kappa shape index (κ1) is 15.3. The van der Waals surface area contributed by atoms with Gasteiger partial charge in [-0.05, 0) is 29.8 Å². The zero-order valence-corrected chi connectivity index (χ0v) is 12.9. The van der Waals surface area contributed by atoms with Crippen molar-refractivity contribution in [3.05, 3.63) is 57.8 Å². The Balaban J connectivity index is 2.16. The molecule has 21 heavy (non-hydrogen) atoms. The molecule has 3 N–H and O–H groups in total. The van der Waals surface area contributed by atoms with Crippen LogP contribution >= 0.6 is 15.9 Å². The molecule has 2 rings (SSSR count). The Morgan fingerprint density at radius 3 is 2.67 bits per heavy atom. The highest BCUT2D eigenvalue weighted by molar-refractivity contribution is 9.10. The Morgan fingerprint density at radius 1 is 1.29 bits per heavy atom. The lowest BCUT2D eigenvalue weighted by atomic mass is 10.1. The van der Waals surface area contributed by atoms with Crippen molar-refractivity contribution in [1.29, 1.82) is 5.41 Å². The van der Waals surface area contributed by atoms with Gasteiger partial charge in [0.1, 0.15) is 29.8 Å². The SMILES string of the molecule is COc1ccc(COc2cc(F)cc(Br)c2)cc1C(=N)N. The number of halogens is 2. The van der Waals surface area contributed by atoms with Crippen LogP contribution in [0.15, 0.2) is 40.9 Å². The van der Waals surface area contributed by atoms with Gasteiger partial charge in [-0.3, -0.25) is 5.41 Å². The third-order valence-corrected chi connectivity index (χ3v) is 3.25. The lowest BCUT2D eigenvalue weighted by molar-refractivity contribution is 0.304. The van der Waals surface area contributed by atoms with Crippen LogP contribution < -0.4 is 15.2 Å². The van der Waals surface area contributed by atoms with Crippen molar-refractivity contribution in [1.82, 2.24) is 0 Å². The Morgan fingerprint density at radius 2 is 2.05 bits per heavy atom. The molecule has 0 radical (unpaired) electrons. The van der Waals surface area contributed by atoms with E-state index in [4.69, 9.17) is 20.6 Å². The Hall–Kier alpha value is -2.08. The molecule has 0 aliphatic heterocycles. The van der Waals surface area contributed by atoms with E-state index in [2.05, 4.69) is 15.9 Å². The molecule has 0 aliphatic carbocycles. The minimum absolute atomic E-state index is 0.0813. The molecule has 0 saturated carbocycles. The maximum Gasteiger partial charge on any atom is 0.129 e. The van der Waals surface area contributed by atoms with E-state index in [9.17, 15) is 4.39 Å². The summed E-state index contributed by atoms with van der Waals surface area (Å²) in [5.41, 5.74) is 6.82. The summed E-state index contributed by atoms with van der Waals surface area (Å²) < 4.78 is 24.5. The fourth-order valence-electron chi connectivity index (χ4n) is 1.83. The van der Waals surface area contributed by atoms with E-state index in [1.165, 1.54) is 19.2 Å². The molecule has 0 saturated heterocycles. The molecule has 2 aromatic rings. The van der Waals surface area contributed by atoms with Crippen LogP contribution in [0.5, 0.6) is 11.5 Å². The zero-order valence-electron chi connectivity index (χ0n) is 11.3. The number of nitrogen functional groups attached to an aromatic ring is 1. The molecule has 0 bridgehead atoms. The topological polar surface area (TPSA) is 68.3 Å². The van der Waals surface area contributed by atoms with Crippen molar-refractivity contribution in [3.63, 3.8) is 0 Å². The summed E-state index contributed by atoms with van der Waals surface area (Å²) in [6.07, 6.45) is 0. The summed E-state index contributed by atoms with van der Waals surface area (Å²) in [4.78, 5) is 0. The average Bonchev–Trinajstić information content (AvgIpc) is 2.43. The molecule has 0 unspecified atom stereocenters. The molecule has 4 nitrogen and oxygen atoms in total. The van der Waals surface area contributed by atoms with E-state index in [0.717, 1.165) is 5.56 Å². The van der Waals surface area contributed by atoms with Gasteiger partial charge in [-0.2, -0.15) is 0 Å². The first-order chi connectivity index (χ1) is 9.99. The second-order valence-electron chi connectivity index (χ2n) is 4.34. The van der Waals surface area contributed by atoms with Gasteiger partial charge in [0.25, 0.3) is 0 Å². The monoisotopic (exact) mass is 352 g/mol. The number of nitrogens with one attached hydrogen (secondary N) is 1. The minimum Gasteiger partial charge on any atom is -0.496 e. The van der Waals surface area contributed by atoms with Crippen molar-refractivity contribution >= 4 is 21.8 Å². The number of rotatable bonds is 5. The van der Waals surface area contributed by atoms with Crippen LogP contribution in [0.1, 0.15) is 11.1 Å². The number of nitrogens with two attached hydrogens (primary N) is 1. The van der Waals surface area contributed by atoms with E-state index in [1.807, 2.05) is 0 Å². The van der Waals surface area contributed by atoms with E-state index in [1.54, 1.807) is 24.3 Å². The first-order valence-corrected chi connectivity index (χ1v) is 6.89. The van der Waals surface area contributed by atoms with E-state index < -0.39 is 0 Å². The molecular formula is C15H14BrFN2O2. The van der Waals surface area contributed by atoms with Crippen molar-refractivity contribution in [3.8, 4) is 11.5 Å². The molecule has 0 aliphatic rings. The predicted molar refractivity (Wildman–Crippen MR) is 82.4 cm³/mol. The number of ether oxygens (including phenoxy) is 2. The molecule has 110 valence electrons. The summed E-state index contributed by atoms with van der Waals surface area (Å²) >= 11 is 3.21. The molecule has 6 heteroatoms. The third kappa shape index (κ3) is 3.95. The maximum absolute atomic E-state index is 13.3. The van der Waals surface area contributed by atoms with Crippen molar-refractivity contribution in [2.45, 2.75) is 6.61 Å². The summed E-state index contributed by atoms with van der Waals surface area (Å²) in [5, 5.41) is 7.53. The van der Waals surface area contributed by atoms with Gasteiger partial charge in [-0.1, -0.05) is 22.0 Å². The van der Waals surface area contributed by atoms with Gasteiger partial charge < -0.3 is 15.2 Å². The summed E-state index contributed by atoms with van der Waals surface area (Å²) in [6, 6.07) is 9.58. The second-order valence-corrected chi connectivity index (χ2v) is 5.26. The smallest absolute Gasteiger partial charge is 0.129 e. The number of amidine groups is 1. The maximum atomic E-state index is 13.3. The lowest BCUT2D eigenvalue weighted by Gasteiger charge is -2.11. The first-order valence-electron chi connectivity index (χ1n) is 6.10. The van der Waals surface area contributed by atoms with Gasteiger partial charge in [0.2, 0.25) is 0 Å². The highest BCUT2D eigenvalue weighted by atomic mass is 79.9. The van der Waals surface area contributed by atoms with Gasteiger partial charge in [0, 0.05) is 10.5 Å².